The van der Waals surface area contributed by atoms with Crippen LogP contribution in [0.15, 0.2) is 67.1 Å². The maximum Gasteiger partial charge on any atom is 0.418 e. The number of benzene rings is 2. The number of pyridine rings is 1. The Kier molecular flexibility index (Phi) is 5.35. The summed E-state index contributed by atoms with van der Waals surface area (Å²) in [7, 11) is 0. The molecule has 0 aliphatic carbocycles. The van der Waals surface area contributed by atoms with Crippen molar-refractivity contribution < 1.29 is 13.2 Å². The number of fused-ring (bicyclic) bond motifs is 1. The number of anilines is 1. The van der Waals surface area contributed by atoms with Crippen molar-refractivity contribution in [2.45, 2.75) is 19.5 Å². The summed E-state index contributed by atoms with van der Waals surface area (Å²) in [5.74, 6) is 0.649. The summed E-state index contributed by atoms with van der Waals surface area (Å²) in [6.45, 7) is 2.73. The van der Waals surface area contributed by atoms with Gasteiger partial charge in [0.15, 0.2) is 0 Å². The van der Waals surface area contributed by atoms with Gasteiger partial charge >= 0.3 is 6.18 Å². The molecule has 7 heteroatoms. The second-order valence-corrected chi connectivity index (χ2v) is 7.02. The predicted molar refractivity (Wildman–Crippen MR) is 111 cm³/mol. The van der Waals surface area contributed by atoms with Gasteiger partial charge in [0.1, 0.15) is 12.1 Å². The van der Waals surface area contributed by atoms with Crippen LogP contribution in [0.3, 0.4) is 0 Å². The average molecular weight is 408 g/mol. The topological polar surface area (TPSA) is 50.7 Å². The molecule has 4 rings (SSSR count). The Balaban J connectivity index is 1.60. The van der Waals surface area contributed by atoms with E-state index in [-0.39, 0.29) is 5.69 Å². The van der Waals surface area contributed by atoms with Crippen molar-refractivity contribution in [1.82, 2.24) is 15.0 Å². The van der Waals surface area contributed by atoms with Crippen molar-refractivity contribution >= 4 is 16.7 Å². The number of aryl methyl sites for hydroxylation is 1. The third kappa shape index (κ3) is 4.25. The molecule has 2 heterocycles. The van der Waals surface area contributed by atoms with Gasteiger partial charge in [0, 0.05) is 23.7 Å². The van der Waals surface area contributed by atoms with E-state index in [1.165, 1.54) is 29.7 Å². The number of aromatic nitrogens is 3. The van der Waals surface area contributed by atoms with Gasteiger partial charge in [-0.15, -0.1) is 0 Å². The Morgan fingerprint density at radius 2 is 1.80 bits per heavy atom. The zero-order chi connectivity index (χ0) is 21.1. The van der Waals surface area contributed by atoms with Gasteiger partial charge in [0.05, 0.1) is 16.8 Å². The first-order chi connectivity index (χ1) is 14.4. The van der Waals surface area contributed by atoms with Gasteiger partial charge < -0.3 is 5.32 Å². The van der Waals surface area contributed by atoms with E-state index >= 15 is 0 Å². The minimum absolute atomic E-state index is 0.112. The largest absolute Gasteiger partial charge is 0.418 e. The Bertz CT molecular complexity index is 1190. The molecule has 0 radical (unpaired) electrons. The fourth-order valence-electron chi connectivity index (χ4n) is 3.40. The Labute approximate surface area is 171 Å². The average Bonchev–Trinajstić information content (AvgIpc) is 2.73. The predicted octanol–water partition coefficient (Wildman–Crippen LogP) is 5.67. The number of nitrogens with zero attached hydrogens (tertiary/aromatic N) is 3. The third-order valence-electron chi connectivity index (χ3n) is 4.81. The van der Waals surface area contributed by atoms with Crippen LogP contribution in [0.1, 0.15) is 16.7 Å². The van der Waals surface area contributed by atoms with Crippen LogP contribution in [-0.2, 0) is 12.6 Å². The van der Waals surface area contributed by atoms with E-state index in [2.05, 4.69) is 45.4 Å². The Hall–Kier alpha value is -3.48. The number of hydrogen-bond donors (Lipinski definition) is 1. The number of alkyl halides is 3. The molecular weight excluding hydrogens is 389 g/mol. The van der Waals surface area contributed by atoms with Crippen molar-refractivity contribution in [3.8, 4) is 11.3 Å². The first-order valence-electron chi connectivity index (χ1n) is 9.48. The van der Waals surface area contributed by atoms with E-state index in [1.807, 2.05) is 6.07 Å². The van der Waals surface area contributed by atoms with E-state index in [4.69, 9.17) is 0 Å². The lowest BCUT2D eigenvalue weighted by Gasteiger charge is -2.13. The molecule has 0 aliphatic rings. The van der Waals surface area contributed by atoms with Crippen molar-refractivity contribution in [1.29, 1.82) is 0 Å². The maximum absolute atomic E-state index is 13.3. The van der Waals surface area contributed by atoms with Crippen molar-refractivity contribution in [2.24, 2.45) is 0 Å². The van der Waals surface area contributed by atoms with Crippen LogP contribution in [0.2, 0.25) is 0 Å². The van der Waals surface area contributed by atoms with Gasteiger partial charge in [0.25, 0.3) is 0 Å². The summed E-state index contributed by atoms with van der Waals surface area (Å²) in [6, 6.07) is 15.6. The van der Waals surface area contributed by atoms with E-state index < -0.39 is 11.7 Å². The molecule has 2 aromatic heterocycles. The van der Waals surface area contributed by atoms with Gasteiger partial charge in [-0.1, -0.05) is 35.9 Å². The smallest absolute Gasteiger partial charge is 0.369 e. The highest BCUT2D eigenvalue weighted by Crippen LogP contribution is 2.36. The summed E-state index contributed by atoms with van der Waals surface area (Å²) in [4.78, 5) is 12.5. The zero-order valence-corrected chi connectivity index (χ0v) is 16.2. The molecule has 2 aromatic carbocycles. The molecule has 30 heavy (non-hydrogen) atoms. The highest BCUT2D eigenvalue weighted by atomic mass is 19.4. The van der Waals surface area contributed by atoms with E-state index in [0.29, 0.717) is 23.4 Å². The molecule has 0 saturated heterocycles. The van der Waals surface area contributed by atoms with Crippen LogP contribution >= 0.6 is 0 Å². The summed E-state index contributed by atoms with van der Waals surface area (Å²) < 4.78 is 40.0. The summed E-state index contributed by atoms with van der Waals surface area (Å²) >= 11 is 0. The van der Waals surface area contributed by atoms with Gasteiger partial charge in [-0.2, -0.15) is 13.2 Å². The summed E-state index contributed by atoms with van der Waals surface area (Å²) in [6.07, 6.45) is -0.891. The molecule has 4 aromatic rings. The Morgan fingerprint density at radius 3 is 2.60 bits per heavy atom. The first kappa shape index (κ1) is 19.8. The standard InChI is InChI=1S/C23H19F3N4/c1-15-4-2-5-16(12-15)9-11-28-22-18-8-7-17(13-20(18)29-14-30-22)21-19(23(24,25)26)6-3-10-27-21/h2-8,10,12-14H,9,11H2,1H3,(H,28,29,30). The van der Waals surface area contributed by atoms with Crippen LogP contribution < -0.4 is 5.32 Å². The first-order valence-corrected chi connectivity index (χ1v) is 9.48. The van der Waals surface area contributed by atoms with Crippen LogP contribution in [0.5, 0.6) is 0 Å². The van der Waals surface area contributed by atoms with Gasteiger partial charge in [-0.05, 0) is 43.2 Å². The van der Waals surface area contributed by atoms with Crippen LogP contribution in [-0.4, -0.2) is 21.5 Å². The minimum atomic E-state index is -4.48. The highest BCUT2D eigenvalue weighted by Gasteiger charge is 2.34. The molecule has 0 fully saturated rings. The molecule has 1 N–H and O–H groups in total. The molecule has 0 unspecified atom stereocenters. The van der Waals surface area contributed by atoms with Gasteiger partial charge in [-0.25, -0.2) is 9.97 Å². The quantitative estimate of drug-likeness (QED) is 0.462. The number of hydrogen-bond acceptors (Lipinski definition) is 4. The van der Waals surface area contributed by atoms with Gasteiger partial charge in [0.2, 0.25) is 0 Å². The fraction of sp³-hybridized carbons (Fsp3) is 0.174. The van der Waals surface area contributed by atoms with Crippen molar-refractivity contribution in [2.75, 3.05) is 11.9 Å². The molecule has 0 atom stereocenters. The molecule has 0 amide bonds. The molecule has 0 saturated carbocycles. The van der Waals surface area contributed by atoms with Gasteiger partial charge in [-0.3, -0.25) is 4.98 Å². The van der Waals surface area contributed by atoms with Crippen molar-refractivity contribution in [3.05, 3.63) is 83.8 Å². The summed E-state index contributed by atoms with van der Waals surface area (Å²) in [5, 5.41) is 4.05. The van der Waals surface area contributed by atoms with Crippen LogP contribution in [0.25, 0.3) is 22.2 Å². The number of nitrogens with one attached hydrogen (secondary N) is 1. The third-order valence-corrected chi connectivity index (χ3v) is 4.81. The Morgan fingerprint density at radius 1 is 0.933 bits per heavy atom. The second-order valence-electron chi connectivity index (χ2n) is 7.02. The van der Waals surface area contributed by atoms with E-state index in [1.54, 1.807) is 18.2 Å². The molecular formula is C23H19F3N4. The number of rotatable bonds is 5. The van der Waals surface area contributed by atoms with Crippen LogP contribution in [0.4, 0.5) is 19.0 Å². The lowest BCUT2D eigenvalue weighted by atomic mass is 10.0. The zero-order valence-electron chi connectivity index (χ0n) is 16.2. The monoisotopic (exact) mass is 408 g/mol. The molecule has 152 valence electrons. The normalized spacial score (nSPS) is 11.6. The molecule has 0 bridgehead atoms. The van der Waals surface area contributed by atoms with Crippen molar-refractivity contribution in [3.63, 3.8) is 0 Å². The van der Waals surface area contributed by atoms with E-state index in [0.717, 1.165) is 17.9 Å². The SMILES string of the molecule is Cc1cccc(CCNc2ncnc3cc(-c4ncccc4C(F)(F)F)ccc23)c1. The molecule has 0 aliphatic heterocycles. The maximum atomic E-state index is 13.3. The molecule has 0 spiro atoms. The summed E-state index contributed by atoms with van der Waals surface area (Å²) in [5.41, 5.74) is 2.46. The lowest BCUT2D eigenvalue weighted by molar-refractivity contribution is -0.137. The van der Waals surface area contributed by atoms with Crippen LogP contribution in [0, 0.1) is 6.92 Å². The lowest BCUT2D eigenvalue weighted by Crippen LogP contribution is -2.08. The fourth-order valence-corrected chi connectivity index (χ4v) is 3.40. The highest BCUT2D eigenvalue weighted by molar-refractivity contribution is 5.91. The van der Waals surface area contributed by atoms with E-state index in [9.17, 15) is 13.2 Å². The second kappa shape index (κ2) is 8.10. The minimum Gasteiger partial charge on any atom is -0.369 e. The molecule has 4 nitrogen and oxygen atoms in total. The number of halogens is 3.